The third-order valence-electron chi connectivity index (χ3n) is 3.12. The molecule has 2 rings (SSSR count). The fraction of sp³-hybridized carbons (Fsp3) is 0.412. The van der Waals surface area contributed by atoms with Crippen LogP contribution < -0.4 is 0 Å². The van der Waals surface area contributed by atoms with Crippen molar-refractivity contribution in [2.45, 2.75) is 47.0 Å². The molecule has 0 heterocycles. The van der Waals surface area contributed by atoms with Crippen LogP contribution in [0, 0.1) is 13.8 Å². The Bertz CT molecular complexity index is 370. The molecule has 0 fully saturated rings. The van der Waals surface area contributed by atoms with E-state index < -0.39 is 0 Å². The summed E-state index contributed by atoms with van der Waals surface area (Å²) in [6.07, 6.45) is 8.30. The van der Waals surface area contributed by atoms with E-state index in [4.69, 9.17) is 0 Å². The topological polar surface area (TPSA) is 0 Å². The van der Waals surface area contributed by atoms with Gasteiger partial charge in [-0.3, -0.25) is 0 Å². The van der Waals surface area contributed by atoms with Crippen LogP contribution in [0.5, 0.6) is 0 Å². The summed E-state index contributed by atoms with van der Waals surface area (Å²) >= 11 is 0. The Morgan fingerprint density at radius 1 is 0.824 bits per heavy atom. The molecule has 0 radical (unpaired) electrons. The van der Waals surface area contributed by atoms with E-state index in [1.54, 1.807) is 5.57 Å². The standard InChI is InChI=1S/C9H14.C8H10/c1-3-9-6-4-8(2)5-7-9;1-7-3-5-8(2)6-4-7/h4,6H,3,5,7H2,1-2H3;3-6H,1-2H3. The van der Waals surface area contributed by atoms with Crippen LogP contribution in [0.15, 0.2) is 47.6 Å². The fourth-order valence-corrected chi connectivity index (χ4v) is 1.72. The van der Waals surface area contributed by atoms with Crippen molar-refractivity contribution in [3.8, 4) is 0 Å². The highest BCUT2D eigenvalue weighted by atomic mass is 14.0. The smallest absolute Gasteiger partial charge is 0.0280 e. The molecule has 0 saturated heterocycles. The van der Waals surface area contributed by atoms with Gasteiger partial charge in [-0.15, -0.1) is 0 Å². The van der Waals surface area contributed by atoms with Crippen LogP contribution in [0.3, 0.4) is 0 Å². The molecular weight excluding hydrogens is 204 g/mol. The summed E-state index contributed by atoms with van der Waals surface area (Å²) in [6, 6.07) is 8.48. The summed E-state index contributed by atoms with van der Waals surface area (Å²) in [4.78, 5) is 0. The maximum Gasteiger partial charge on any atom is -0.0280 e. The molecule has 0 unspecified atom stereocenters. The zero-order valence-electron chi connectivity index (χ0n) is 11.6. The maximum absolute atomic E-state index is 2.26. The monoisotopic (exact) mass is 228 g/mol. The second-order valence-electron chi connectivity index (χ2n) is 4.85. The van der Waals surface area contributed by atoms with Crippen LogP contribution in [0.25, 0.3) is 0 Å². The van der Waals surface area contributed by atoms with Gasteiger partial charge >= 0.3 is 0 Å². The van der Waals surface area contributed by atoms with E-state index >= 15 is 0 Å². The Morgan fingerprint density at radius 3 is 1.71 bits per heavy atom. The Labute approximate surface area is 106 Å². The van der Waals surface area contributed by atoms with Gasteiger partial charge < -0.3 is 0 Å². The highest BCUT2D eigenvalue weighted by Crippen LogP contribution is 2.19. The molecule has 0 bridgehead atoms. The molecule has 0 spiro atoms. The van der Waals surface area contributed by atoms with Crippen molar-refractivity contribution in [3.63, 3.8) is 0 Å². The minimum atomic E-state index is 1.23. The molecule has 0 atom stereocenters. The molecule has 0 saturated carbocycles. The van der Waals surface area contributed by atoms with Crippen LogP contribution in [-0.2, 0) is 0 Å². The van der Waals surface area contributed by atoms with Crippen molar-refractivity contribution >= 4 is 0 Å². The molecular formula is C17H24. The molecule has 0 aromatic heterocycles. The largest absolute Gasteiger partial charge is 0.0730 e. The molecule has 0 heteroatoms. The first-order chi connectivity index (χ1) is 8.11. The molecule has 1 aromatic carbocycles. The lowest BCUT2D eigenvalue weighted by molar-refractivity contribution is 0.857. The molecule has 0 aliphatic heterocycles. The van der Waals surface area contributed by atoms with Gasteiger partial charge in [0, 0.05) is 0 Å². The van der Waals surface area contributed by atoms with E-state index in [1.807, 2.05) is 0 Å². The number of hydrogen-bond donors (Lipinski definition) is 0. The van der Waals surface area contributed by atoms with E-state index in [1.165, 1.54) is 36.0 Å². The highest BCUT2D eigenvalue weighted by molar-refractivity contribution is 5.22. The van der Waals surface area contributed by atoms with E-state index in [0.29, 0.717) is 0 Å². The molecule has 1 aliphatic rings. The van der Waals surface area contributed by atoms with Crippen molar-refractivity contribution < 1.29 is 0 Å². The maximum atomic E-state index is 2.26. The average Bonchev–Trinajstić information content (AvgIpc) is 2.35. The second kappa shape index (κ2) is 7.11. The number of benzene rings is 1. The summed E-state index contributed by atoms with van der Waals surface area (Å²) in [5.41, 5.74) is 5.78. The number of rotatable bonds is 1. The first kappa shape index (κ1) is 13.8. The number of hydrogen-bond acceptors (Lipinski definition) is 0. The van der Waals surface area contributed by atoms with Crippen molar-refractivity contribution in [2.75, 3.05) is 0 Å². The van der Waals surface area contributed by atoms with Crippen LogP contribution in [0.1, 0.15) is 44.2 Å². The molecule has 1 aliphatic carbocycles. The molecule has 0 amide bonds. The van der Waals surface area contributed by atoms with Gasteiger partial charge in [0.1, 0.15) is 0 Å². The van der Waals surface area contributed by atoms with Crippen molar-refractivity contribution in [3.05, 3.63) is 58.7 Å². The quantitative estimate of drug-likeness (QED) is 0.606. The van der Waals surface area contributed by atoms with Gasteiger partial charge in [0.15, 0.2) is 0 Å². The third kappa shape index (κ3) is 5.53. The van der Waals surface area contributed by atoms with Gasteiger partial charge in [-0.25, -0.2) is 0 Å². The van der Waals surface area contributed by atoms with Gasteiger partial charge in [0.05, 0.1) is 0 Å². The SMILES string of the molecule is CCC1=CC=C(C)CC1.Cc1ccc(C)cc1. The average molecular weight is 228 g/mol. The molecule has 0 N–H and O–H groups in total. The zero-order chi connectivity index (χ0) is 12.7. The Kier molecular flexibility index (Phi) is 5.76. The van der Waals surface area contributed by atoms with Gasteiger partial charge in [0.25, 0.3) is 0 Å². The Balaban J connectivity index is 0.000000171. The summed E-state index contributed by atoms with van der Waals surface area (Å²) in [5, 5.41) is 0. The van der Waals surface area contributed by atoms with Crippen LogP contribution in [0.2, 0.25) is 0 Å². The summed E-state index contributed by atoms with van der Waals surface area (Å²) in [6.45, 7) is 8.61. The third-order valence-corrected chi connectivity index (χ3v) is 3.12. The van der Waals surface area contributed by atoms with Crippen molar-refractivity contribution in [1.82, 2.24) is 0 Å². The predicted octanol–water partition coefficient (Wildman–Crippen LogP) is 5.37. The first-order valence-electron chi connectivity index (χ1n) is 6.50. The minimum Gasteiger partial charge on any atom is -0.0730 e. The van der Waals surface area contributed by atoms with E-state index in [9.17, 15) is 0 Å². The van der Waals surface area contributed by atoms with E-state index in [0.717, 1.165) is 0 Å². The lowest BCUT2D eigenvalue weighted by Crippen LogP contribution is -1.88. The Hall–Kier alpha value is -1.30. The van der Waals surface area contributed by atoms with Crippen LogP contribution in [-0.4, -0.2) is 0 Å². The summed E-state index contributed by atoms with van der Waals surface area (Å²) in [5.74, 6) is 0. The predicted molar refractivity (Wildman–Crippen MR) is 77.3 cm³/mol. The zero-order valence-corrected chi connectivity index (χ0v) is 11.6. The summed E-state index contributed by atoms with van der Waals surface area (Å²) in [7, 11) is 0. The normalized spacial score (nSPS) is 14.4. The minimum absolute atomic E-state index is 1.23. The van der Waals surface area contributed by atoms with Crippen LogP contribution in [0.4, 0.5) is 0 Å². The molecule has 1 aromatic rings. The van der Waals surface area contributed by atoms with E-state index in [-0.39, 0.29) is 0 Å². The van der Waals surface area contributed by atoms with Gasteiger partial charge in [-0.05, 0) is 40.0 Å². The van der Waals surface area contributed by atoms with Crippen molar-refractivity contribution in [2.24, 2.45) is 0 Å². The number of aryl methyl sites for hydroxylation is 2. The Morgan fingerprint density at radius 2 is 1.35 bits per heavy atom. The first-order valence-corrected chi connectivity index (χ1v) is 6.50. The fourth-order valence-electron chi connectivity index (χ4n) is 1.72. The second-order valence-corrected chi connectivity index (χ2v) is 4.85. The molecule has 0 nitrogen and oxygen atoms in total. The number of allylic oxidation sites excluding steroid dienone is 4. The van der Waals surface area contributed by atoms with Gasteiger partial charge in [-0.1, -0.05) is 65.6 Å². The van der Waals surface area contributed by atoms with E-state index in [2.05, 4.69) is 64.1 Å². The van der Waals surface area contributed by atoms with Crippen LogP contribution >= 0.6 is 0 Å². The molecule has 92 valence electrons. The lowest BCUT2D eigenvalue weighted by atomic mass is 9.98. The van der Waals surface area contributed by atoms with Gasteiger partial charge in [-0.2, -0.15) is 0 Å². The molecule has 17 heavy (non-hydrogen) atoms. The highest BCUT2D eigenvalue weighted by Gasteiger charge is 1.99. The van der Waals surface area contributed by atoms with Gasteiger partial charge in [0.2, 0.25) is 0 Å². The summed E-state index contributed by atoms with van der Waals surface area (Å²) < 4.78 is 0. The van der Waals surface area contributed by atoms with Crippen molar-refractivity contribution in [1.29, 1.82) is 0 Å². The lowest BCUT2D eigenvalue weighted by Gasteiger charge is -2.08.